The molecule has 0 aromatic heterocycles. The number of carbonyl (C=O) groups is 3. The number of ketones is 2. The minimum absolute atomic E-state index is 0.204. The van der Waals surface area contributed by atoms with Crippen LogP contribution in [0.25, 0.3) is 0 Å². The molecule has 3 rings (SSSR count). The Morgan fingerprint density at radius 3 is 2.63 bits per heavy atom. The first-order chi connectivity index (χ1) is 12.9. The molecule has 0 aromatic carbocycles. The highest BCUT2D eigenvalue weighted by atomic mass is 16.4. The predicted octanol–water partition coefficient (Wildman–Crippen LogP) is 4.81. The summed E-state index contributed by atoms with van der Waals surface area (Å²) in [7, 11) is 0. The second-order valence-corrected chi connectivity index (χ2v) is 9.27. The Morgan fingerprint density at radius 2 is 1.96 bits per heavy atom. The zero-order valence-electron chi connectivity index (χ0n) is 16.8. The minimum atomic E-state index is -1.39. The molecule has 3 aliphatic rings. The van der Waals surface area contributed by atoms with Crippen molar-refractivity contribution in [3.8, 4) is 0 Å². The maximum absolute atomic E-state index is 12.7. The van der Waals surface area contributed by atoms with E-state index >= 15 is 0 Å². The van der Waals surface area contributed by atoms with Crippen LogP contribution in [0.1, 0.15) is 78.1 Å². The van der Waals surface area contributed by atoms with Crippen LogP contribution in [0.4, 0.5) is 0 Å². The number of allylic oxidation sites excluding steroid dienone is 2. The van der Waals surface area contributed by atoms with Crippen LogP contribution in [0.2, 0.25) is 0 Å². The lowest BCUT2D eigenvalue weighted by molar-refractivity contribution is -0.151. The third-order valence-electron chi connectivity index (χ3n) is 7.76. The van der Waals surface area contributed by atoms with Gasteiger partial charge in [-0.05, 0) is 74.5 Å². The Labute approximate surface area is 162 Å². The summed E-state index contributed by atoms with van der Waals surface area (Å²) in [5, 5.41) is 8.81. The van der Waals surface area contributed by atoms with Gasteiger partial charge in [0.25, 0.3) is 0 Å². The van der Waals surface area contributed by atoms with Crippen LogP contribution in [-0.2, 0) is 14.4 Å². The van der Waals surface area contributed by atoms with Crippen molar-refractivity contribution in [3.63, 3.8) is 0 Å². The van der Waals surface area contributed by atoms with Gasteiger partial charge in [0.1, 0.15) is 5.78 Å². The van der Waals surface area contributed by atoms with E-state index in [4.69, 9.17) is 5.11 Å². The lowest BCUT2D eigenvalue weighted by atomic mass is 9.70. The first-order valence-corrected chi connectivity index (χ1v) is 10.8. The lowest BCUT2D eigenvalue weighted by Gasteiger charge is -2.34. The van der Waals surface area contributed by atoms with Crippen molar-refractivity contribution < 1.29 is 19.5 Å². The quantitative estimate of drug-likeness (QED) is 0.464. The Balaban J connectivity index is 1.61. The summed E-state index contributed by atoms with van der Waals surface area (Å²) in [6.45, 7) is 3.67. The van der Waals surface area contributed by atoms with Crippen molar-refractivity contribution in [2.24, 2.45) is 35.0 Å². The van der Waals surface area contributed by atoms with Crippen LogP contribution in [-0.4, -0.2) is 22.6 Å². The number of carboxylic acid groups (broad SMARTS) is 1. The summed E-state index contributed by atoms with van der Waals surface area (Å²) < 4.78 is 0. The zero-order valence-corrected chi connectivity index (χ0v) is 16.8. The molecule has 150 valence electrons. The summed E-state index contributed by atoms with van der Waals surface area (Å²) in [6.07, 6.45) is 14.9. The average molecular weight is 375 g/mol. The van der Waals surface area contributed by atoms with Gasteiger partial charge in [0.2, 0.25) is 5.78 Å². The van der Waals surface area contributed by atoms with Gasteiger partial charge in [-0.3, -0.25) is 9.59 Å². The smallest absolute Gasteiger partial charge is 0.372 e. The maximum atomic E-state index is 12.7. The Hall–Kier alpha value is -1.45. The van der Waals surface area contributed by atoms with E-state index in [2.05, 4.69) is 19.1 Å². The summed E-state index contributed by atoms with van der Waals surface area (Å²) in [4.78, 5) is 35.0. The fourth-order valence-corrected chi connectivity index (χ4v) is 6.26. The standard InChI is InChI=1S/C23H34O4/c1-3-6-16-9-11-20(23-12-5-4-7-17(23)14-23)19(16)13-18(24)10-8-15(2)21(25)22(26)27/h3,6,15-17,19-20H,4-5,7-14H2,1-2H3,(H,26,27)/t15?,16-,17?,19+,20-,23?/m0/s1. The second kappa shape index (κ2) is 8.28. The number of carbonyl (C=O) groups excluding carboxylic acids is 2. The van der Waals surface area contributed by atoms with E-state index in [0.717, 1.165) is 5.92 Å². The first-order valence-electron chi connectivity index (χ1n) is 10.8. The summed E-state index contributed by atoms with van der Waals surface area (Å²) >= 11 is 0. The van der Waals surface area contributed by atoms with E-state index in [9.17, 15) is 14.4 Å². The number of fused-ring (bicyclic) bond motifs is 1. The van der Waals surface area contributed by atoms with Crippen LogP contribution in [0.5, 0.6) is 0 Å². The van der Waals surface area contributed by atoms with Crippen molar-refractivity contribution >= 4 is 17.5 Å². The van der Waals surface area contributed by atoms with Gasteiger partial charge in [-0.1, -0.05) is 31.9 Å². The fourth-order valence-electron chi connectivity index (χ4n) is 6.26. The van der Waals surface area contributed by atoms with E-state index in [-0.39, 0.29) is 5.78 Å². The van der Waals surface area contributed by atoms with E-state index < -0.39 is 17.7 Å². The van der Waals surface area contributed by atoms with Gasteiger partial charge in [0.15, 0.2) is 0 Å². The molecule has 3 unspecified atom stereocenters. The van der Waals surface area contributed by atoms with E-state index in [0.29, 0.717) is 42.4 Å². The molecule has 4 nitrogen and oxygen atoms in total. The number of hydrogen-bond donors (Lipinski definition) is 1. The van der Waals surface area contributed by atoms with Gasteiger partial charge in [-0.25, -0.2) is 4.79 Å². The van der Waals surface area contributed by atoms with Crippen molar-refractivity contribution in [1.82, 2.24) is 0 Å². The number of carboxylic acids is 1. The van der Waals surface area contributed by atoms with Gasteiger partial charge in [0.05, 0.1) is 0 Å². The number of rotatable bonds is 9. The highest BCUT2D eigenvalue weighted by Crippen LogP contribution is 2.70. The average Bonchev–Trinajstić information content (AvgIpc) is 3.27. The number of Topliss-reactive ketones (excluding diaryl/α,β-unsaturated/α-hetero) is 2. The molecule has 1 N–H and O–H groups in total. The van der Waals surface area contributed by atoms with Crippen molar-refractivity contribution in [1.29, 1.82) is 0 Å². The maximum Gasteiger partial charge on any atom is 0.372 e. The summed E-state index contributed by atoms with van der Waals surface area (Å²) in [6, 6.07) is 0. The molecule has 0 radical (unpaired) electrons. The van der Waals surface area contributed by atoms with Crippen LogP contribution in [0.3, 0.4) is 0 Å². The molecule has 3 aliphatic carbocycles. The second-order valence-electron chi connectivity index (χ2n) is 9.27. The number of aliphatic carboxylic acids is 1. The van der Waals surface area contributed by atoms with Gasteiger partial charge < -0.3 is 5.11 Å². The molecule has 27 heavy (non-hydrogen) atoms. The third kappa shape index (κ3) is 4.20. The summed E-state index contributed by atoms with van der Waals surface area (Å²) in [5.74, 6) is -0.0533. The Bertz CT molecular complexity index is 622. The predicted molar refractivity (Wildman–Crippen MR) is 104 cm³/mol. The first kappa shape index (κ1) is 20.3. The normalized spacial score (nSPS) is 36.4. The SMILES string of the molecule is CC=C[C@H]1CC[C@H](C23CCCCC2C3)[C@@H]1CC(=O)CCC(C)C(=O)C(=O)O. The third-order valence-corrected chi connectivity index (χ3v) is 7.76. The highest BCUT2D eigenvalue weighted by molar-refractivity contribution is 6.33. The van der Waals surface area contributed by atoms with Gasteiger partial charge in [-0.2, -0.15) is 0 Å². The molecule has 0 bridgehead atoms. The van der Waals surface area contributed by atoms with E-state index in [1.807, 2.05) is 0 Å². The van der Waals surface area contributed by atoms with Gasteiger partial charge >= 0.3 is 5.97 Å². The molecule has 0 amide bonds. The molecule has 4 heteroatoms. The molecular formula is C23H34O4. The molecule has 0 spiro atoms. The molecular weight excluding hydrogens is 340 g/mol. The number of hydrogen-bond acceptors (Lipinski definition) is 3. The minimum Gasteiger partial charge on any atom is -0.475 e. The van der Waals surface area contributed by atoms with E-state index in [1.165, 1.54) is 44.9 Å². The zero-order chi connectivity index (χ0) is 19.6. The Morgan fingerprint density at radius 1 is 1.19 bits per heavy atom. The molecule has 0 aromatic rings. The largest absolute Gasteiger partial charge is 0.475 e. The topological polar surface area (TPSA) is 71.4 Å². The molecule has 0 aliphatic heterocycles. The molecule has 3 saturated carbocycles. The molecule has 0 heterocycles. The van der Waals surface area contributed by atoms with Crippen LogP contribution >= 0.6 is 0 Å². The van der Waals surface area contributed by atoms with Crippen molar-refractivity contribution in [3.05, 3.63) is 12.2 Å². The van der Waals surface area contributed by atoms with Crippen molar-refractivity contribution in [2.75, 3.05) is 0 Å². The molecule has 3 fully saturated rings. The van der Waals surface area contributed by atoms with E-state index in [1.54, 1.807) is 6.92 Å². The van der Waals surface area contributed by atoms with Gasteiger partial charge in [0, 0.05) is 18.8 Å². The Kier molecular flexibility index (Phi) is 6.22. The molecule has 0 saturated heterocycles. The van der Waals surface area contributed by atoms with Crippen LogP contribution in [0, 0.1) is 35.0 Å². The molecule has 6 atom stereocenters. The lowest BCUT2D eigenvalue weighted by Crippen LogP contribution is -2.28. The monoisotopic (exact) mass is 374 g/mol. The van der Waals surface area contributed by atoms with Crippen molar-refractivity contribution in [2.45, 2.75) is 78.1 Å². The summed E-state index contributed by atoms with van der Waals surface area (Å²) in [5.41, 5.74) is 0.520. The van der Waals surface area contributed by atoms with Gasteiger partial charge in [-0.15, -0.1) is 0 Å². The fraction of sp³-hybridized carbons (Fsp3) is 0.783. The van der Waals surface area contributed by atoms with Crippen LogP contribution < -0.4 is 0 Å². The highest BCUT2D eigenvalue weighted by Gasteiger charge is 2.62. The van der Waals surface area contributed by atoms with Crippen LogP contribution in [0.15, 0.2) is 12.2 Å².